The summed E-state index contributed by atoms with van der Waals surface area (Å²) < 4.78 is 5.79. The van der Waals surface area contributed by atoms with Gasteiger partial charge in [-0.05, 0) is 24.3 Å². The van der Waals surface area contributed by atoms with E-state index in [1.807, 2.05) is 6.07 Å². The van der Waals surface area contributed by atoms with Crippen molar-refractivity contribution in [2.75, 3.05) is 19.8 Å². The van der Waals surface area contributed by atoms with E-state index >= 15 is 0 Å². The molecule has 0 unspecified atom stereocenters. The predicted molar refractivity (Wildman–Crippen MR) is 77.4 cm³/mol. The maximum atomic E-state index is 5.79. The molecular weight excluding hydrogens is 236 g/mol. The Bertz CT molecular complexity index is 424. The zero-order valence-corrected chi connectivity index (χ0v) is 11.3. The summed E-state index contributed by atoms with van der Waals surface area (Å²) in [6.07, 6.45) is 5.44. The quantitative estimate of drug-likeness (QED) is 0.881. The largest absolute Gasteiger partial charge is 0.373 e. The molecule has 3 heteroatoms. The van der Waals surface area contributed by atoms with E-state index in [4.69, 9.17) is 4.74 Å². The molecule has 1 aromatic carbocycles. The van der Waals surface area contributed by atoms with Gasteiger partial charge in [0.15, 0.2) is 0 Å². The third-order valence-electron chi connectivity index (χ3n) is 4.07. The van der Waals surface area contributed by atoms with Gasteiger partial charge in [-0.1, -0.05) is 43.2 Å². The SMILES string of the molecule is c1ccc([C@H]2CN=C(COCC3CCCC3)N2)cc1. The van der Waals surface area contributed by atoms with Gasteiger partial charge in [-0.15, -0.1) is 0 Å². The summed E-state index contributed by atoms with van der Waals surface area (Å²) in [5.74, 6) is 1.79. The zero-order chi connectivity index (χ0) is 12.9. The van der Waals surface area contributed by atoms with Crippen LogP contribution >= 0.6 is 0 Å². The molecular formula is C16H22N2O. The number of hydrogen-bond acceptors (Lipinski definition) is 3. The number of hydrogen-bond donors (Lipinski definition) is 1. The van der Waals surface area contributed by atoms with Crippen LogP contribution < -0.4 is 5.32 Å². The lowest BCUT2D eigenvalue weighted by Gasteiger charge is -2.13. The first-order valence-corrected chi connectivity index (χ1v) is 7.34. The fourth-order valence-electron chi connectivity index (χ4n) is 2.95. The molecule has 0 bridgehead atoms. The number of rotatable bonds is 5. The minimum Gasteiger partial charge on any atom is -0.373 e. The highest BCUT2D eigenvalue weighted by Crippen LogP contribution is 2.24. The first-order valence-electron chi connectivity index (χ1n) is 7.34. The second-order valence-electron chi connectivity index (χ2n) is 5.56. The van der Waals surface area contributed by atoms with Gasteiger partial charge in [0.05, 0.1) is 12.6 Å². The van der Waals surface area contributed by atoms with Crippen molar-refractivity contribution in [2.45, 2.75) is 31.7 Å². The highest BCUT2D eigenvalue weighted by atomic mass is 16.5. The molecule has 2 aliphatic rings. The highest BCUT2D eigenvalue weighted by Gasteiger charge is 2.20. The molecule has 19 heavy (non-hydrogen) atoms. The molecule has 1 aliphatic heterocycles. The second kappa shape index (κ2) is 6.20. The molecule has 1 N–H and O–H groups in total. The number of nitrogens with zero attached hydrogens (tertiary/aromatic N) is 1. The first-order chi connectivity index (χ1) is 9.42. The van der Waals surface area contributed by atoms with Crippen molar-refractivity contribution < 1.29 is 4.74 Å². The van der Waals surface area contributed by atoms with E-state index in [1.54, 1.807) is 0 Å². The predicted octanol–water partition coefficient (Wildman–Crippen LogP) is 2.94. The highest BCUT2D eigenvalue weighted by molar-refractivity contribution is 5.85. The van der Waals surface area contributed by atoms with Gasteiger partial charge in [-0.25, -0.2) is 0 Å². The number of nitrogens with one attached hydrogen (secondary N) is 1. The van der Waals surface area contributed by atoms with E-state index in [1.165, 1.54) is 31.2 Å². The maximum Gasteiger partial charge on any atom is 0.123 e. The van der Waals surface area contributed by atoms with E-state index in [2.05, 4.69) is 34.6 Å². The molecule has 0 amide bonds. The maximum absolute atomic E-state index is 5.79. The van der Waals surface area contributed by atoms with Crippen molar-refractivity contribution in [2.24, 2.45) is 10.9 Å². The molecule has 1 aromatic rings. The van der Waals surface area contributed by atoms with E-state index in [0.29, 0.717) is 12.6 Å². The van der Waals surface area contributed by atoms with Gasteiger partial charge in [-0.2, -0.15) is 0 Å². The Hall–Kier alpha value is -1.35. The Balaban J connectivity index is 1.41. The Morgan fingerprint density at radius 3 is 2.74 bits per heavy atom. The van der Waals surface area contributed by atoms with Gasteiger partial charge in [0.25, 0.3) is 0 Å². The summed E-state index contributed by atoms with van der Waals surface area (Å²) in [4.78, 5) is 4.54. The van der Waals surface area contributed by atoms with Crippen LogP contribution in [0.25, 0.3) is 0 Å². The lowest BCUT2D eigenvalue weighted by molar-refractivity contribution is 0.131. The summed E-state index contributed by atoms with van der Waals surface area (Å²) in [6, 6.07) is 10.8. The normalized spacial score (nSPS) is 23.4. The Morgan fingerprint density at radius 1 is 1.16 bits per heavy atom. The van der Waals surface area contributed by atoms with Crippen molar-refractivity contribution in [1.82, 2.24) is 5.32 Å². The number of aliphatic imine (C=N–C) groups is 1. The standard InChI is InChI=1S/C16H22N2O/c1-2-8-14(9-3-1)15-10-17-16(18-15)12-19-11-13-6-4-5-7-13/h1-3,8-9,13,15H,4-7,10-12H2,(H,17,18)/t15-/m1/s1. The molecule has 0 saturated heterocycles. The van der Waals surface area contributed by atoms with Crippen molar-refractivity contribution in [3.63, 3.8) is 0 Å². The molecule has 3 rings (SSSR count). The Labute approximate surface area is 115 Å². The van der Waals surface area contributed by atoms with Gasteiger partial charge in [0.2, 0.25) is 0 Å². The van der Waals surface area contributed by atoms with Crippen LogP contribution in [0.1, 0.15) is 37.3 Å². The van der Waals surface area contributed by atoms with Crippen LogP contribution in [0.4, 0.5) is 0 Å². The smallest absolute Gasteiger partial charge is 0.123 e. The van der Waals surface area contributed by atoms with Crippen LogP contribution in [-0.2, 0) is 4.74 Å². The number of benzene rings is 1. The van der Waals surface area contributed by atoms with Gasteiger partial charge in [0.1, 0.15) is 12.4 Å². The summed E-state index contributed by atoms with van der Waals surface area (Å²) in [5, 5.41) is 3.46. The summed E-state index contributed by atoms with van der Waals surface area (Å²) in [6.45, 7) is 2.36. The average molecular weight is 258 g/mol. The number of amidine groups is 1. The molecule has 0 aromatic heterocycles. The molecule has 1 fully saturated rings. The molecule has 1 aliphatic carbocycles. The topological polar surface area (TPSA) is 33.6 Å². The number of ether oxygens (including phenoxy) is 1. The minimum absolute atomic E-state index is 0.325. The third kappa shape index (κ3) is 3.35. The van der Waals surface area contributed by atoms with Gasteiger partial charge >= 0.3 is 0 Å². The van der Waals surface area contributed by atoms with Gasteiger partial charge in [-0.3, -0.25) is 4.99 Å². The molecule has 102 valence electrons. The molecule has 1 saturated carbocycles. The Kier molecular flexibility index (Phi) is 4.13. The van der Waals surface area contributed by atoms with Crippen LogP contribution in [0.5, 0.6) is 0 Å². The van der Waals surface area contributed by atoms with Crippen molar-refractivity contribution >= 4 is 5.84 Å². The monoisotopic (exact) mass is 258 g/mol. The lowest BCUT2D eigenvalue weighted by Crippen LogP contribution is -2.27. The molecule has 1 atom stereocenters. The molecule has 0 spiro atoms. The first kappa shape index (κ1) is 12.7. The lowest BCUT2D eigenvalue weighted by atomic mass is 10.1. The second-order valence-corrected chi connectivity index (χ2v) is 5.56. The van der Waals surface area contributed by atoms with Crippen molar-refractivity contribution in [3.8, 4) is 0 Å². The van der Waals surface area contributed by atoms with Gasteiger partial charge in [0, 0.05) is 6.61 Å². The van der Waals surface area contributed by atoms with Crippen LogP contribution in [0.2, 0.25) is 0 Å². The van der Waals surface area contributed by atoms with Crippen LogP contribution in [0.15, 0.2) is 35.3 Å². The van der Waals surface area contributed by atoms with E-state index in [-0.39, 0.29) is 0 Å². The van der Waals surface area contributed by atoms with E-state index in [9.17, 15) is 0 Å². The van der Waals surface area contributed by atoms with Crippen molar-refractivity contribution in [3.05, 3.63) is 35.9 Å². The summed E-state index contributed by atoms with van der Waals surface area (Å²) >= 11 is 0. The van der Waals surface area contributed by atoms with E-state index in [0.717, 1.165) is 24.9 Å². The van der Waals surface area contributed by atoms with Crippen LogP contribution in [0.3, 0.4) is 0 Å². The molecule has 1 heterocycles. The Morgan fingerprint density at radius 2 is 1.95 bits per heavy atom. The fourth-order valence-corrected chi connectivity index (χ4v) is 2.95. The van der Waals surface area contributed by atoms with Crippen LogP contribution in [0, 0.1) is 5.92 Å². The molecule has 0 radical (unpaired) electrons. The fraction of sp³-hybridized carbons (Fsp3) is 0.562. The van der Waals surface area contributed by atoms with Crippen LogP contribution in [-0.4, -0.2) is 25.6 Å². The average Bonchev–Trinajstić information content (AvgIpc) is 3.11. The minimum atomic E-state index is 0.325. The summed E-state index contributed by atoms with van der Waals surface area (Å²) in [5.41, 5.74) is 1.30. The zero-order valence-electron chi connectivity index (χ0n) is 11.3. The van der Waals surface area contributed by atoms with E-state index < -0.39 is 0 Å². The third-order valence-corrected chi connectivity index (χ3v) is 4.07. The summed E-state index contributed by atoms with van der Waals surface area (Å²) in [7, 11) is 0. The van der Waals surface area contributed by atoms with Crippen molar-refractivity contribution in [1.29, 1.82) is 0 Å². The van der Waals surface area contributed by atoms with Gasteiger partial charge < -0.3 is 10.1 Å². The molecule has 3 nitrogen and oxygen atoms in total.